The zero-order valence-electron chi connectivity index (χ0n) is 12.9. The molecule has 1 aliphatic heterocycles. The van der Waals surface area contributed by atoms with E-state index in [-0.39, 0.29) is 24.3 Å². The van der Waals surface area contributed by atoms with Crippen LogP contribution in [0.15, 0.2) is 24.1 Å². The number of amides is 2. The van der Waals surface area contributed by atoms with Crippen molar-refractivity contribution in [2.45, 2.75) is 38.8 Å². The summed E-state index contributed by atoms with van der Waals surface area (Å²) in [5.41, 5.74) is 0.706. The van der Waals surface area contributed by atoms with Crippen molar-refractivity contribution in [1.29, 1.82) is 0 Å². The Hall–Kier alpha value is -2.22. The Morgan fingerprint density at radius 3 is 3.09 bits per heavy atom. The second kappa shape index (κ2) is 6.91. The lowest BCUT2D eigenvalue weighted by atomic mass is 10.2. The number of carbonyl (C=O) groups is 2. The van der Waals surface area contributed by atoms with Gasteiger partial charge in [0.2, 0.25) is 11.8 Å². The molecule has 8 heteroatoms. The van der Waals surface area contributed by atoms with Crippen molar-refractivity contribution in [2.75, 3.05) is 11.4 Å². The van der Waals surface area contributed by atoms with Crippen LogP contribution in [0.1, 0.15) is 25.5 Å². The summed E-state index contributed by atoms with van der Waals surface area (Å²) in [5.74, 6) is 0.0477. The van der Waals surface area contributed by atoms with Crippen LogP contribution in [-0.4, -0.2) is 38.9 Å². The van der Waals surface area contributed by atoms with Crippen LogP contribution < -0.4 is 10.2 Å². The van der Waals surface area contributed by atoms with Crippen molar-refractivity contribution >= 4 is 28.3 Å². The molecule has 1 atom stereocenters. The van der Waals surface area contributed by atoms with Crippen LogP contribution in [0.2, 0.25) is 0 Å². The fourth-order valence-corrected chi connectivity index (χ4v) is 3.47. The van der Waals surface area contributed by atoms with E-state index in [9.17, 15) is 9.59 Å². The van der Waals surface area contributed by atoms with Gasteiger partial charge in [-0.05, 0) is 13.3 Å². The lowest BCUT2D eigenvalue weighted by Crippen LogP contribution is -2.36. The van der Waals surface area contributed by atoms with E-state index >= 15 is 0 Å². The van der Waals surface area contributed by atoms with E-state index in [1.165, 1.54) is 11.3 Å². The lowest BCUT2D eigenvalue weighted by molar-refractivity contribution is -0.121. The first-order chi connectivity index (χ1) is 11.1. The minimum Gasteiger partial charge on any atom is -0.352 e. The van der Waals surface area contributed by atoms with Gasteiger partial charge in [-0.1, -0.05) is 0 Å². The van der Waals surface area contributed by atoms with Gasteiger partial charge >= 0.3 is 0 Å². The summed E-state index contributed by atoms with van der Waals surface area (Å²) in [6.45, 7) is 3.35. The van der Waals surface area contributed by atoms with E-state index in [2.05, 4.69) is 15.3 Å². The predicted molar refractivity (Wildman–Crippen MR) is 87.2 cm³/mol. The number of thiazole rings is 1. The van der Waals surface area contributed by atoms with Gasteiger partial charge in [0.15, 0.2) is 5.13 Å². The maximum Gasteiger partial charge on any atom is 0.228 e. The van der Waals surface area contributed by atoms with Gasteiger partial charge in [0.1, 0.15) is 0 Å². The number of hydrogen-bond donors (Lipinski definition) is 1. The highest BCUT2D eigenvalue weighted by atomic mass is 32.1. The molecule has 3 heterocycles. The summed E-state index contributed by atoms with van der Waals surface area (Å²) in [5, 5.41) is 5.50. The Balaban J connectivity index is 1.51. The molecule has 0 bridgehead atoms. The molecule has 1 N–H and O–H groups in total. The molecular weight excluding hydrogens is 314 g/mol. The largest absolute Gasteiger partial charge is 0.352 e. The van der Waals surface area contributed by atoms with Crippen LogP contribution >= 0.6 is 11.3 Å². The van der Waals surface area contributed by atoms with Gasteiger partial charge < -0.3 is 9.88 Å². The van der Waals surface area contributed by atoms with Crippen LogP contribution in [0.4, 0.5) is 5.13 Å². The third kappa shape index (κ3) is 3.95. The molecule has 0 radical (unpaired) electrons. The predicted octanol–water partition coefficient (Wildman–Crippen LogP) is 1.21. The molecule has 0 aromatic carbocycles. The smallest absolute Gasteiger partial charge is 0.228 e. The number of aromatic nitrogens is 3. The number of hydrogen-bond acceptors (Lipinski definition) is 5. The second-order valence-corrected chi connectivity index (χ2v) is 6.51. The van der Waals surface area contributed by atoms with Crippen molar-refractivity contribution in [1.82, 2.24) is 19.9 Å². The Morgan fingerprint density at radius 2 is 2.39 bits per heavy atom. The minimum atomic E-state index is -0.0674. The molecule has 1 unspecified atom stereocenters. The zero-order valence-corrected chi connectivity index (χ0v) is 13.8. The van der Waals surface area contributed by atoms with Gasteiger partial charge in [-0.25, -0.2) is 9.97 Å². The normalized spacial score (nSPS) is 15.9. The molecule has 3 rings (SSSR count). The molecular formula is C15H19N5O2S. The third-order valence-corrected chi connectivity index (χ3v) is 4.55. The van der Waals surface area contributed by atoms with E-state index in [1.54, 1.807) is 17.4 Å². The molecule has 23 heavy (non-hydrogen) atoms. The van der Waals surface area contributed by atoms with Crippen LogP contribution in [0.25, 0.3) is 0 Å². The van der Waals surface area contributed by atoms with Crippen molar-refractivity contribution in [2.24, 2.45) is 0 Å². The quantitative estimate of drug-likeness (QED) is 0.862. The Kier molecular flexibility index (Phi) is 4.71. The summed E-state index contributed by atoms with van der Waals surface area (Å²) in [4.78, 5) is 33.9. The van der Waals surface area contributed by atoms with Crippen molar-refractivity contribution < 1.29 is 9.59 Å². The van der Waals surface area contributed by atoms with E-state index in [4.69, 9.17) is 0 Å². The van der Waals surface area contributed by atoms with Gasteiger partial charge in [0, 0.05) is 43.3 Å². The second-order valence-electron chi connectivity index (χ2n) is 5.68. The first kappa shape index (κ1) is 15.7. The fourth-order valence-electron chi connectivity index (χ4n) is 2.60. The van der Waals surface area contributed by atoms with E-state index in [0.717, 1.165) is 13.0 Å². The zero-order chi connectivity index (χ0) is 16.2. The molecule has 2 amide bonds. The third-order valence-electron chi connectivity index (χ3n) is 3.64. The number of anilines is 1. The SMILES string of the molecule is CC(Cn1ccnc1)NC(=O)Cc1csc(N2CCCC2=O)n1. The molecule has 1 fully saturated rings. The van der Waals surface area contributed by atoms with Crippen LogP contribution in [-0.2, 0) is 22.6 Å². The molecule has 0 aliphatic carbocycles. The summed E-state index contributed by atoms with van der Waals surface area (Å²) in [6.07, 6.45) is 6.99. The van der Waals surface area contributed by atoms with Crippen molar-refractivity contribution in [3.63, 3.8) is 0 Å². The Morgan fingerprint density at radius 1 is 1.52 bits per heavy atom. The number of carbonyl (C=O) groups excluding carboxylic acids is 2. The summed E-state index contributed by atoms with van der Waals surface area (Å²) in [6, 6.07) is 0.00923. The maximum absolute atomic E-state index is 12.1. The monoisotopic (exact) mass is 333 g/mol. The molecule has 0 saturated carbocycles. The molecule has 2 aromatic rings. The summed E-state index contributed by atoms with van der Waals surface area (Å²) < 4.78 is 1.92. The highest BCUT2D eigenvalue weighted by molar-refractivity contribution is 7.14. The van der Waals surface area contributed by atoms with Gasteiger partial charge in [-0.3, -0.25) is 14.5 Å². The van der Waals surface area contributed by atoms with E-state index in [1.807, 2.05) is 23.1 Å². The molecule has 1 saturated heterocycles. The van der Waals surface area contributed by atoms with Gasteiger partial charge in [0.05, 0.1) is 18.4 Å². The van der Waals surface area contributed by atoms with Gasteiger partial charge in [-0.2, -0.15) is 0 Å². The minimum absolute atomic E-state index is 0.00923. The first-order valence-corrected chi connectivity index (χ1v) is 8.49. The number of nitrogens with zero attached hydrogens (tertiary/aromatic N) is 4. The van der Waals surface area contributed by atoms with Crippen LogP contribution in [0.5, 0.6) is 0 Å². The summed E-state index contributed by atoms with van der Waals surface area (Å²) in [7, 11) is 0. The van der Waals surface area contributed by atoms with E-state index < -0.39 is 0 Å². The molecule has 122 valence electrons. The maximum atomic E-state index is 12.1. The number of rotatable bonds is 6. The Labute approximate surface area is 138 Å². The van der Waals surface area contributed by atoms with Crippen LogP contribution in [0.3, 0.4) is 0 Å². The molecule has 7 nitrogen and oxygen atoms in total. The van der Waals surface area contributed by atoms with Crippen LogP contribution in [0, 0.1) is 0 Å². The standard InChI is InChI=1S/C15H19N5O2S/c1-11(8-19-6-4-16-10-19)17-13(21)7-12-9-23-15(18-12)20-5-2-3-14(20)22/h4,6,9-11H,2-3,5,7-8H2,1H3,(H,17,21). The Bertz CT molecular complexity index is 682. The highest BCUT2D eigenvalue weighted by Crippen LogP contribution is 2.25. The molecule has 2 aromatic heterocycles. The highest BCUT2D eigenvalue weighted by Gasteiger charge is 2.24. The van der Waals surface area contributed by atoms with Crippen molar-refractivity contribution in [3.05, 3.63) is 29.8 Å². The first-order valence-electron chi connectivity index (χ1n) is 7.61. The average molecular weight is 333 g/mol. The van der Waals surface area contributed by atoms with Gasteiger partial charge in [0.25, 0.3) is 0 Å². The van der Waals surface area contributed by atoms with Crippen molar-refractivity contribution in [3.8, 4) is 0 Å². The molecule has 1 aliphatic rings. The fraction of sp³-hybridized carbons (Fsp3) is 0.467. The van der Waals surface area contributed by atoms with E-state index in [0.29, 0.717) is 23.8 Å². The topological polar surface area (TPSA) is 80.1 Å². The number of imidazole rings is 1. The summed E-state index contributed by atoms with van der Waals surface area (Å²) >= 11 is 1.42. The average Bonchev–Trinajstić information content (AvgIpc) is 3.20. The molecule has 0 spiro atoms. The van der Waals surface area contributed by atoms with Gasteiger partial charge in [-0.15, -0.1) is 11.3 Å². The number of nitrogens with one attached hydrogen (secondary N) is 1. The lowest BCUT2D eigenvalue weighted by Gasteiger charge is -2.14.